The van der Waals surface area contributed by atoms with E-state index in [0.717, 1.165) is 16.3 Å². The topological polar surface area (TPSA) is 59.9 Å². The van der Waals surface area contributed by atoms with Gasteiger partial charge in [-0.05, 0) is 34.5 Å². The zero-order valence-corrected chi connectivity index (χ0v) is 13.4. The number of hydrogen-bond acceptors (Lipinski definition) is 4. The Bertz CT molecular complexity index is 952. The summed E-state index contributed by atoms with van der Waals surface area (Å²) in [5.41, 5.74) is 3.41. The Hall–Kier alpha value is -3.34. The van der Waals surface area contributed by atoms with Gasteiger partial charge in [-0.1, -0.05) is 48.5 Å². The van der Waals surface area contributed by atoms with Crippen molar-refractivity contribution in [2.45, 2.75) is 6.10 Å². The quantitative estimate of drug-likeness (QED) is 0.592. The molecule has 1 aliphatic heterocycles. The van der Waals surface area contributed by atoms with E-state index in [0.29, 0.717) is 11.5 Å². The lowest BCUT2D eigenvalue weighted by Crippen LogP contribution is -2.42. The van der Waals surface area contributed by atoms with Crippen LogP contribution in [0.3, 0.4) is 0 Å². The summed E-state index contributed by atoms with van der Waals surface area (Å²) in [6, 6.07) is 21.3. The standard InChI is InChI=1S/C20H16N2O3/c23-20(19-13-24-17-7-3-4-8-18(17)25-19)22-21-12-14-9-10-15-5-1-2-6-16(15)11-14/h1-12,19H,13H2,(H,22,23)/t19-/m0/s1. The van der Waals surface area contributed by atoms with Gasteiger partial charge in [0.2, 0.25) is 6.10 Å². The summed E-state index contributed by atoms with van der Waals surface area (Å²) in [7, 11) is 0. The van der Waals surface area contributed by atoms with Crippen molar-refractivity contribution in [3.05, 3.63) is 72.3 Å². The number of rotatable bonds is 3. The van der Waals surface area contributed by atoms with Crippen LogP contribution in [0, 0.1) is 0 Å². The van der Waals surface area contributed by atoms with Crippen LogP contribution in [-0.4, -0.2) is 24.8 Å². The van der Waals surface area contributed by atoms with E-state index in [1.54, 1.807) is 18.3 Å². The van der Waals surface area contributed by atoms with Gasteiger partial charge in [-0.3, -0.25) is 4.79 Å². The number of fused-ring (bicyclic) bond motifs is 2. The van der Waals surface area contributed by atoms with E-state index in [2.05, 4.69) is 16.6 Å². The molecule has 0 spiro atoms. The Morgan fingerprint density at radius 3 is 2.64 bits per heavy atom. The van der Waals surface area contributed by atoms with Gasteiger partial charge in [0, 0.05) is 0 Å². The van der Waals surface area contributed by atoms with Crippen molar-refractivity contribution in [3.8, 4) is 11.5 Å². The highest BCUT2D eigenvalue weighted by atomic mass is 16.6. The molecule has 1 amide bonds. The second-order valence-electron chi connectivity index (χ2n) is 5.71. The number of nitrogens with one attached hydrogen (secondary N) is 1. The molecule has 25 heavy (non-hydrogen) atoms. The fourth-order valence-corrected chi connectivity index (χ4v) is 2.68. The molecule has 0 aliphatic carbocycles. The molecule has 1 heterocycles. The summed E-state index contributed by atoms with van der Waals surface area (Å²) in [6.45, 7) is 0.161. The monoisotopic (exact) mass is 332 g/mol. The zero-order valence-electron chi connectivity index (χ0n) is 13.4. The molecule has 0 saturated heterocycles. The molecule has 0 saturated carbocycles. The highest BCUT2D eigenvalue weighted by molar-refractivity contribution is 5.91. The Morgan fingerprint density at radius 2 is 1.76 bits per heavy atom. The molecule has 0 aromatic heterocycles. The third-order valence-electron chi connectivity index (χ3n) is 3.96. The molecule has 1 aliphatic rings. The van der Waals surface area contributed by atoms with Crippen LogP contribution in [0.5, 0.6) is 11.5 Å². The minimum atomic E-state index is -0.719. The number of hydrazone groups is 1. The maximum atomic E-state index is 12.2. The van der Waals surface area contributed by atoms with Crippen molar-refractivity contribution in [2.75, 3.05) is 6.61 Å². The largest absolute Gasteiger partial charge is 0.485 e. The maximum Gasteiger partial charge on any atom is 0.284 e. The Labute approximate surface area is 144 Å². The van der Waals surface area contributed by atoms with Crippen molar-refractivity contribution in [1.29, 1.82) is 0 Å². The van der Waals surface area contributed by atoms with Crippen LogP contribution in [0.15, 0.2) is 71.8 Å². The van der Waals surface area contributed by atoms with E-state index in [9.17, 15) is 4.79 Å². The van der Waals surface area contributed by atoms with Crippen molar-refractivity contribution < 1.29 is 14.3 Å². The third kappa shape index (κ3) is 3.30. The molecule has 0 radical (unpaired) electrons. The lowest BCUT2D eigenvalue weighted by Gasteiger charge is -2.24. The molecule has 5 nitrogen and oxygen atoms in total. The molecule has 5 heteroatoms. The molecule has 0 unspecified atom stereocenters. The van der Waals surface area contributed by atoms with Gasteiger partial charge in [-0.2, -0.15) is 5.10 Å². The summed E-state index contributed by atoms with van der Waals surface area (Å²) in [5, 5.41) is 6.31. The highest BCUT2D eigenvalue weighted by Gasteiger charge is 2.26. The predicted molar refractivity (Wildman–Crippen MR) is 96.0 cm³/mol. The van der Waals surface area contributed by atoms with Gasteiger partial charge in [0.05, 0.1) is 6.21 Å². The minimum Gasteiger partial charge on any atom is -0.485 e. The van der Waals surface area contributed by atoms with Crippen molar-refractivity contribution in [3.63, 3.8) is 0 Å². The number of para-hydroxylation sites is 2. The average Bonchev–Trinajstić information content (AvgIpc) is 2.67. The maximum absolute atomic E-state index is 12.2. The highest BCUT2D eigenvalue weighted by Crippen LogP contribution is 2.30. The predicted octanol–water partition coefficient (Wildman–Crippen LogP) is 3.13. The van der Waals surface area contributed by atoms with Crippen molar-refractivity contribution in [2.24, 2.45) is 5.10 Å². The first-order valence-corrected chi connectivity index (χ1v) is 8.00. The van der Waals surface area contributed by atoms with Crippen LogP contribution in [-0.2, 0) is 4.79 Å². The van der Waals surface area contributed by atoms with Gasteiger partial charge in [-0.15, -0.1) is 0 Å². The third-order valence-corrected chi connectivity index (χ3v) is 3.96. The van der Waals surface area contributed by atoms with Crippen LogP contribution in [0.4, 0.5) is 0 Å². The Balaban J connectivity index is 1.40. The molecule has 3 aromatic rings. The number of ether oxygens (including phenoxy) is 2. The van der Waals surface area contributed by atoms with Crippen LogP contribution >= 0.6 is 0 Å². The molecular formula is C20H16N2O3. The van der Waals surface area contributed by atoms with Gasteiger partial charge in [-0.25, -0.2) is 5.43 Å². The first kappa shape index (κ1) is 15.2. The summed E-state index contributed by atoms with van der Waals surface area (Å²) in [6.07, 6.45) is 0.894. The van der Waals surface area contributed by atoms with E-state index in [1.165, 1.54) is 0 Å². The molecule has 124 valence electrons. The zero-order chi connectivity index (χ0) is 17.1. The van der Waals surface area contributed by atoms with E-state index in [1.807, 2.05) is 48.5 Å². The first-order valence-electron chi connectivity index (χ1n) is 8.00. The number of benzene rings is 3. The van der Waals surface area contributed by atoms with Crippen LogP contribution < -0.4 is 14.9 Å². The molecule has 0 fully saturated rings. The van der Waals surface area contributed by atoms with Gasteiger partial charge < -0.3 is 9.47 Å². The second-order valence-corrected chi connectivity index (χ2v) is 5.71. The van der Waals surface area contributed by atoms with E-state index in [4.69, 9.17) is 9.47 Å². The Morgan fingerprint density at radius 1 is 1.00 bits per heavy atom. The SMILES string of the molecule is O=C(NN=Cc1ccc2ccccc2c1)[C@@H]1COc2ccccc2O1. The second kappa shape index (κ2) is 6.65. The van der Waals surface area contributed by atoms with Crippen LogP contribution in [0.1, 0.15) is 5.56 Å². The first-order chi connectivity index (χ1) is 12.3. The molecular weight excluding hydrogens is 316 g/mol. The minimum absolute atomic E-state index is 0.161. The molecule has 4 rings (SSSR count). The number of carbonyl (C=O) groups is 1. The Kier molecular flexibility index (Phi) is 4.04. The van der Waals surface area contributed by atoms with Crippen molar-refractivity contribution in [1.82, 2.24) is 5.43 Å². The van der Waals surface area contributed by atoms with Crippen LogP contribution in [0.25, 0.3) is 10.8 Å². The van der Waals surface area contributed by atoms with E-state index < -0.39 is 6.10 Å². The summed E-state index contributed by atoms with van der Waals surface area (Å²) < 4.78 is 11.2. The molecule has 0 bridgehead atoms. The molecule has 1 atom stereocenters. The van der Waals surface area contributed by atoms with Gasteiger partial charge in [0.15, 0.2) is 11.5 Å². The number of nitrogens with zero attached hydrogens (tertiary/aromatic N) is 1. The van der Waals surface area contributed by atoms with E-state index >= 15 is 0 Å². The van der Waals surface area contributed by atoms with Gasteiger partial charge in [0.1, 0.15) is 6.61 Å². The fraction of sp³-hybridized carbons (Fsp3) is 0.100. The summed E-state index contributed by atoms with van der Waals surface area (Å²) in [4.78, 5) is 12.2. The van der Waals surface area contributed by atoms with Gasteiger partial charge >= 0.3 is 0 Å². The number of amides is 1. The lowest BCUT2D eigenvalue weighted by atomic mass is 10.1. The molecule has 3 aromatic carbocycles. The number of carbonyl (C=O) groups excluding carboxylic acids is 1. The summed E-state index contributed by atoms with van der Waals surface area (Å²) in [5.74, 6) is 0.866. The van der Waals surface area contributed by atoms with Crippen molar-refractivity contribution >= 4 is 22.9 Å². The fourth-order valence-electron chi connectivity index (χ4n) is 2.68. The summed E-state index contributed by atoms with van der Waals surface area (Å²) >= 11 is 0. The smallest absolute Gasteiger partial charge is 0.284 e. The van der Waals surface area contributed by atoms with Crippen LogP contribution in [0.2, 0.25) is 0 Å². The number of hydrogen-bond donors (Lipinski definition) is 1. The normalized spacial score (nSPS) is 16.1. The van der Waals surface area contributed by atoms with E-state index in [-0.39, 0.29) is 12.5 Å². The molecule has 1 N–H and O–H groups in total. The van der Waals surface area contributed by atoms with Gasteiger partial charge in [0.25, 0.3) is 5.91 Å². The lowest BCUT2D eigenvalue weighted by molar-refractivity contribution is -0.130. The average molecular weight is 332 g/mol.